The monoisotopic (exact) mass is 551 g/mol. The molecule has 1 heterocycles. The Kier molecular flexibility index (Phi) is 8.49. The van der Waals surface area contributed by atoms with E-state index in [0.717, 1.165) is 22.3 Å². The van der Waals surface area contributed by atoms with Crippen molar-refractivity contribution in [3.05, 3.63) is 94.5 Å². The van der Waals surface area contributed by atoms with Gasteiger partial charge in [-0.2, -0.15) is 0 Å². The Labute approximate surface area is 231 Å². The summed E-state index contributed by atoms with van der Waals surface area (Å²) in [5.74, 6) is -0.781. The lowest BCUT2D eigenvalue weighted by atomic mass is 9.75. The molecule has 0 saturated heterocycles. The molecule has 4 rings (SSSR count). The first-order valence-corrected chi connectivity index (χ1v) is 14.8. The molecule has 0 bridgehead atoms. The lowest BCUT2D eigenvalue weighted by Gasteiger charge is -2.33. The molecule has 1 aliphatic rings. The second kappa shape index (κ2) is 11.5. The second-order valence-electron chi connectivity index (χ2n) is 11.1. The van der Waals surface area contributed by atoms with Gasteiger partial charge in [0.1, 0.15) is 12.4 Å². The number of rotatable bonds is 9. The first kappa shape index (κ1) is 28.8. The number of aliphatic hydroxyl groups excluding tert-OH is 1. The molecule has 2 N–H and O–H groups in total. The fourth-order valence-electron chi connectivity index (χ4n) is 5.24. The largest absolute Gasteiger partial charge is 0.489 e. The van der Waals surface area contributed by atoms with Crippen LogP contribution in [0.1, 0.15) is 54.5 Å². The van der Waals surface area contributed by atoms with Crippen LogP contribution in [0.5, 0.6) is 5.75 Å². The van der Waals surface area contributed by atoms with Gasteiger partial charge in [-0.05, 0) is 53.9 Å². The van der Waals surface area contributed by atoms with Gasteiger partial charge in [-0.25, -0.2) is 8.42 Å². The van der Waals surface area contributed by atoms with E-state index in [4.69, 9.17) is 9.84 Å². The predicted octanol–water partition coefficient (Wildman–Crippen LogP) is 4.79. The molecule has 8 heteroatoms. The van der Waals surface area contributed by atoms with Crippen molar-refractivity contribution in [3.63, 3.8) is 0 Å². The Morgan fingerprint density at radius 1 is 1.03 bits per heavy atom. The number of fused-ring (bicyclic) bond motifs is 1. The fraction of sp³-hybridized carbons (Fsp3) is 0.387. The van der Waals surface area contributed by atoms with Crippen molar-refractivity contribution < 1.29 is 28.2 Å². The molecule has 39 heavy (non-hydrogen) atoms. The number of sulfone groups is 1. The minimum absolute atomic E-state index is 0.00768. The van der Waals surface area contributed by atoms with Crippen molar-refractivity contribution in [1.29, 1.82) is 0 Å². The lowest BCUT2D eigenvalue weighted by molar-refractivity contribution is -0.138. The van der Waals surface area contributed by atoms with E-state index in [2.05, 4.69) is 0 Å². The maximum Gasteiger partial charge on any atom is 0.317 e. The molecule has 2 atom stereocenters. The standard InChI is InChI=1S/C31H37NO6S/c1-5-32(18-28(33)34)17-22-7-9-23(10-8-22)19-38-25-13-11-24(12-14-25)29-26-16-21(2)6-15-27(26)39(36,37)20-31(3,4)30(29)35/h6-16,29-30,35H,5,17-20H2,1-4H3,(H,33,34)/t29-,30-/m1/s1. The molecule has 7 nitrogen and oxygen atoms in total. The van der Waals surface area contributed by atoms with Gasteiger partial charge in [-0.3, -0.25) is 9.69 Å². The molecule has 0 unspecified atom stereocenters. The normalized spacial score (nSPS) is 19.7. The Bertz CT molecular complexity index is 1410. The van der Waals surface area contributed by atoms with Crippen LogP contribution in [0, 0.1) is 12.3 Å². The molecular weight excluding hydrogens is 514 g/mol. The van der Waals surface area contributed by atoms with Crippen molar-refractivity contribution in [2.45, 2.75) is 57.8 Å². The molecule has 0 aromatic heterocycles. The minimum Gasteiger partial charge on any atom is -0.489 e. The number of carbonyl (C=O) groups is 1. The summed E-state index contributed by atoms with van der Waals surface area (Å²) in [6.07, 6.45) is -0.889. The second-order valence-corrected chi connectivity index (χ2v) is 13.0. The van der Waals surface area contributed by atoms with E-state index < -0.39 is 33.2 Å². The van der Waals surface area contributed by atoms with Crippen molar-refractivity contribution in [2.75, 3.05) is 18.8 Å². The van der Waals surface area contributed by atoms with Crippen molar-refractivity contribution in [3.8, 4) is 5.75 Å². The number of aliphatic hydroxyl groups is 1. The molecule has 0 spiro atoms. The van der Waals surface area contributed by atoms with Gasteiger partial charge in [0, 0.05) is 17.9 Å². The highest BCUT2D eigenvalue weighted by Gasteiger charge is 2.44. The summed E-state index contributed by atoms with van der Waals surface area (Å²) in [4.78, 5) is 13.1. The van der Waals surface area contributed by atoms with Gasteiger partial charge < -0.3 is 14.9 Å². The van der Waals surface area contributed by atoms with Crippen molar-refractivity contribution in [2.24, 2.45) is 5.41 Å². The SMILES string of the molecule is CCN(CC(=O)O)Cc1ccc(COc2ccc([C@@H]3c4cc(C)ccc4S(=O)(=O)CC(C)(C)[C@@H]3O)cc2)cc1. The molecular formula is C31H37NO6S. The lowest BCUT2D eigenvalue weighted by Crippen LogP contribution is -2.38. The quantitative estimate of drug-likeness (QED) is 0.394. The number of carboxylic acids is 1. The topological polar surface area (TPSA) is 104 Å². The highest BCUT2D eigenvalue weighted by Crippen LogP contribution is 2.45. The first-order chi connectivity index (χ1) is 18.4. The van der Waals surface area contributed by atoms with Crippen LogP contribution in [-0.4, -0.2) is 54.4 Å². The van der Waals surface area contributed by atoms with Crippen molar-refractivity contribution in [1.82, 2.24) is 4.90 Å². The van der Waals surface area contributed by atoms with Crippen LogP contribution in [0.25, 0.3) is 0 Å². The maximum atomic E-state index is 13.2. The van der Waals surface area contributed by atoms with E-state index >= 15 is 0 Å². The van der Waals surface area contributed by atoms with Crippen LogP contribution in [-0.2, 0) is 27.8 Å². The molecule has 3 aromatic carbocycles. The maximum absolute atomic E-state index is 13.2. The smallest absolute Gasteiger partial charge is 0.317 e. The molecule has 0 radical (unpaired) electrons. The Balaban J connectivity index is 1.50. The van der Waals surface area contributed by atoms with Crippen LogP contribution in [0.15, 0.2) is 71.6 Å². The van der Waals surface area contributed by atoms with Gasteiger partial charge in [-0.1, -0.05) is 74.9 Å². The van der Waals surface area contributed by atoms with Gasteiger partial charge >= 0.3 is 5.97 Å². The van der Waals surface area contributed by atoms with Gasteiger partial charge in [0.25, 0.3) is 0 Å². The van der Waals surface area contributed by atoms with Gasteiger partial charge in [0.05, 0.1) is 23.3 Å². The zero-order valence-corrected chi connectivity index (χ0v) is 23.7. The minimum atomic E-state index is -3.55. The van der Waals surface area contributed by atoms with E-state index in [-0.39, 0.29) is 17.2 Å². The zero-order chi connectivity index (χ0) is 28.4. The number of aliphatic carboxylic acids is 1. The van der Waals surface area contributed by atoms with Gasteiger partial charge in [0.15, 0.2) is 9.84 Å². The molecule has 208 valence electrons. The number of nitrogens with zero attached hydrogens (tertiary/aromatic N) is 1. The number of aryl methyl sites for hydroxylation is 1. The summed E-state index contributed by atoms with van der Waals surface area (Å²) < 4.78 is 32.4. The molecule has 0 saturated carbocycles. The Morgan fingerprint density at radius 2 is 1.67 bits per heavy atom. The number of carboxylic acid groups (broad SMARTS) is 1. The average Bonchev–Trinajstić information content (AvgIpc) is 2.93. The summed E-state index contributed by atoms with van der Waals surface area (Å²) in [7, 11) is -3.55. The molecule has 1 aliphatic heterocycles. The molecule has 0 fully saturated rings. The molecule has 3 aromatic rings. The third kappa shape index (κ3) is 6.69. The molecule has 0 aliphatic carbocycles. The van der Waals surface area contributed by atoms with E-state index in [1.807, 2.05) is 73.3 Å². The number of benzene rings is 3. The van der Waals surface area contributed by atoms with Crippen LogP contribution in [0.4, 0.5) is 0 Å². The van der Waals surface area contributed by atoms with Crippen LogP contribution in [0.3, 0.4) is 0 Å². The first-order valence-electron chi connectivity index (χ1n) is 13.2. The summed E-state index contributed by atoms with van der Waals surface area (Å²) in [6.45, 7) is 9.06. The Morgan fingerprint density at radius 3 is 2.28 bits per heavy atom. The summed E-state index contributed by atoms with van der Waals surface area (Å²) in [6, 6.07) is 20.7. The van der Waals surface area contributed by atoms with E-state index in [9.17, 15) is 18.3 Å². The summed E-state index contributed by atoms with van der Waals surface area (Å²) in [5, 5.41) is 20.5. The summed E-state index contributed by atoms with van der Waals surface area (Å²) >= 11 is 0. The Hall–Kier alpha value is -3.20. The van der Waals surface area contributed by atoms with Crippen LogP contribution in [0.2, 0.25) is 0 Å². The number of hydrogen-bond acceptors (Lipinski definition) is 6. The highest BCUT2D eigenvalue weighted by atomic mass is 32.2. The van der Waals surface area contributed by atoms with Gasteiger partial charge in [0.2, 0.25) is 0 Å². The third-order valence-corrected chi connectivity index (χ3v) is 9.56. The highest BCUT2D eigenvalue weighted by molar-refractivity contribution is 7.91. The van der Waals surface area contributed by atoms with Crippen molar-refractivity contribution >= 4 is 15.8 Å². The average molecular weight is 552 g/mol. The summed E-state index contributed by atoms with van der Waals surface area (Å²) in [5.41, 5.74) is 3.59. The van der Waals surface area contributed by atoms with Crippen LogP contribution < -0.4 is 4.74 Å². The number of hydrogen-bond donors (Lipinski definition) is 2. The zero-order valence-electron chi connectivity index (χ0n) is 22.9. The predicted molar refractivity (Wildman–Crippen MR) is 151 cm³/mol. The molecule has 0 amide bonds. The number of ether oxygens (including phenoxy) is 1. The van der Waals surface area contributed by atoms with E-state index in [1.165, 1.54) is 0 Å². The third-order valence-electron chi connectivity index (χ3n) is 7.39. The van der Waals surface area contributed by atoms with Gasteiger partial charge in [-0.15, -0.1) is 0 Å². The number of likely N-dealkylation sites (N-methyl/N-ethyl adjacent to an activating group) is 1. The van der Waals surface area contributed by atoms with E-state index in [0.29, 0.717) is 31.0 Å². The fourth-order valence-corrected chi connectivity index (χ4v) is 7.36. The van der Waals surface area contributed by atoms with Crippen LogP contribution >= 0.6 is 0 Å². The van der Waals surface area contributed by atoms with E-state index in [1.54, 1.807) is 26.0 Å².